The van der Waals surface area contributed by atoms with E-state index in [2.05, 4.69) is 24.0 Å². The number of aromatic hydroxyl groups is 1. The van der Waals surface area contributed by atoms with Gasteiger partial charge in [-0.05, 0) is 49.6 Å². The fourth-order valence-electron chi connectivity index (χ4n) is 4.60. The standard InChI is InChI=1S/C28H35N3O4/c1-4-7-11-17-35-22-15-14-19(18-23(22)34-6-3)27-24-25(20-12-9-10-13-21(20)32)29-30-26(24)28(33)31(27)16-8-5-2/h9-10,12-15,18,27,32H,4-8,11,16-17H2,1-3H3,(H,29,30). The van der Waals surface area contributed by atoms with Crippen LogP contribution in [0.25, 0.3) is 11.3 Å². The Labute approximate surface area is 207 Å². The molecule has 7 nitrogen and oxygen atoms in total. The fourth-order valence-corrected chi connectivity index (χ4v) is 4.60. The summed E-state index contributed by atoms with van der Waals surface area (Å²) in [5.41, 5.74) is 3.37. The summed E-state index contributed by atoms with van der Waals surface area (Å²) in [6.45, 7) is 8.01. The van der Waals surface area contributed by atoms with Gasteiger partial charge in [0.25, 0.3) is 5.91 Å². The number of para-hydroxylation sites is 1. The predicted molar refractivity (Wildman–Crippen MR) is 136 cm³/mol. The molecule has 1 atom stereocenters. The SMILES string of the molecule is CCCCCOc1ccc(C2c3c(-c4ccccc4O)n[nH]c3C(=O)N2CCCC)cc1OCC. The van der Waals surface area contributed by atoms with Crippen LogP contribution in [0.2, 0.25) is 0 Å². The number of fused-ring (bicyclic) bond motifs is 1. The van der Waals surface area contributed by atoms with Gasteiger partial charge in [0.1, 0.15) is 17.1 Å². The lowest BCUT2D eigenvalue weighted by molar-refractivity contribution is 0.0741. The molecule has 0 radical (unpaired) electrons. The van der Waals surface area contributed by atoms with E-state index in [4.69, 9.17) is 9.47 Å². The third-order valence-corrected chi connectivity index (χ3v) is 6.36. The minimum Gasteiger partial charge on any atom is -0.507 e. The van der Waals surface area contributed by atoms with Gasteiger partial charge in [0.05, 0.1) is 19.3 Å². The molecule has 2 N–H and O–H groups in total. The van der Waals surface area contributed by atoms with E-state index in [9.17, 15) is 9.90 Å². The van der Waals surface area contributed by atoms with Gasteiger partial charge in [0.15, 0.2) is 11.5 Å². The highest BCUT2D eigenvalue weighted by atomic mass is 16.5. The largest absolute Gasteiger partial charge is 0.507 e. The third kappa shape index (κ3) is 4.99. The second kappa shape index (κ2) is 11.3. The van der Waals surface area contributed by atoms with Crippen LogP contribution in [0.5, 0.6) is 17.2 Å². The number of aromatic nitrogens is 2. The Hall–Kier alpha value is -3.48. The highest BCUT2D eigenvalue weighted by Crippen LogP contribution is 2.46. The summed E-state index contributed by atoms with van der Waals surface area (Å²) in [5, 5.41) is 17.9. The molecular formula is C28H35N3O4. The lowest BCUT2D eigenvalue weighted by Gasteiger charge is -2.27. The molecule has 0 saturated carbocycles. The molecule has 2 aromatic carbocycles. The van der Waals surface area contributed by atoms with Gasteiger partial charge in [-0.15, -0.1) is 0 Å². The van der Waals surface area contributed by atoms with Gasteiger partial charge in [-0.2, -0.15) is 5.10 Å². The number of nitrogens with one attached hydrogen (secondary N) is 1. The zero-order valence-electron chi connectivity index (χ0n) is 20.8. The van der Waals surface area contributed by atoms with Crippen molar-refractivity contribution in [2.45, 2.75) is 58.9 Å². The van der Waals surface area contributed by atoms with E-state index < -0.39 is 0 Å². The topological polar surface area (TPSA) is 87.7 Å². The molecule has 0 fully saturated rings. The fraction of sp³-hybridized carbons (Fsp3) is 0.429. The average Bonchev–Trinajstić information content (AvgIpc) is 3.40. The molecule has 1 aliphatic rings. The zero-order valence-corrected chi connectivity index (χ0v) is 20.8. The third-order valence-electron chi connectivity index (χ3n) is 6.36. The summed E-state index contributed by atoms with van der Waals surface area (Å²) in [4.78, 5) is 15.3. The first-order valence-electron chi connectivity index (χ1n) is 12.7. The summed E-state index contributed by atoms with van der Waals surface area (Å²) < 4.78 is 12.0. The van der Waals surface area contributed by atoms with Crippen LogP contribution in [-0.4, -0.2) is 45.9 Å². The number of phenols is 1. The molecule has 1 unspecified atom stereocenters. The van der Waals surface area contributed by atoms with E-state index in [0.717, 1.165) is 43.2 Å². The summed E-state index contributed by atoms with van der Waals surface area (Å²) in [6, 6.07) is 12.7. The first kappa shape index (κ1) is 24.6. The molecule has 3 aromatic rings. The van der Waals surface area contributed by atoms with Crippen molar-refractivity contribution < 1.29 is 19.4 Å². The Kier molecular flexibility index (Phi) is 7.95. The number of carbonyl (C=O) groups excluding carboxylic acids is 1. The molecule has 4 rings (SSSR count). The van der Waals surface area contributed by atoms with Gasteiger partial charge in [0.2, 0.25) is 0 Å². The van der Waals surface area contributed by atoms with Gasteiger partial charge < -0.3 is 19.5 Å². The summed E-state index contributed by atoms with van der Waals surface area (Å²) in [6.07, 6.45) is 5.12. The number of nitrogens with zero attached hydrogens (tertiary/aromatic N) is 2. The number of hydrogen-bond acceptors (Lipinski definition) is 5. The number of unbranched alkanes of at least 4 members (excludes halogenated alkanes) is 3. The van der Waals surface area contributed by atoms with Crippen molar-refractivity contribution in [3.63, 3.8) is 0 Å². The highest BCUT2D eigenvalue weighted by molar-refractivity contribution is 6.00. The zero-order chi connectivity index (χ0) is 24.8. The van der Waals surface area contributed by atoms with E-state index in [1.54, 1.807) is 12.1 Å². The Morgan fingerprint density at radius 3 is 2.54 bits per heavy atom. The molecule has 2 heterocycles. The molecular weight excluding hydrogens is 442 g/mol. The molecule has 1 aromatic heterocycles. The Morgan fingerprint density at radius 2 is 1.80 bits per heavy atom. The minimum atomic E-state index is -0.342. The van der Waals surface area contributed by atoms with Crippen LogP contribution in [0.3, 0.4) is 0 Å². The van der Waals surface area contributed by atoms with Gasteiger partial charge in [-0.3, -0.25) is 9.89 Å². The molecule has 0 aliphatic carbocycles. The van der Waals surface area contributed by atoms with Crippen LogP contribution < -0.4 is 9.47 Å². The average molecular weight is 478 g/mol. The van der Waals surface area contributed by atoms with Crippen molar-refractivity contribution in [3.05, 3.63) is 59.3 Å². The Balaban J connectivity index is 1.77. The maximum atomic E-state index is 13.4. The van der Waals surface area contributed by atoms with E-state index in [1.807, 2.05) is 42.2 Å². The molecule has 0 spiro atoms. The quantitative estimate of drug-likeness (QED) is 0.308. The summed E-state index contributed by atoms with van der Waals surface area (Å²) >= 11 is 0. The van der Waals surface area contributed by atoms with Crippen LogP contribution in [-0.2, 0) is 0 Å². The normalized spacial score (nSPS) is 14.9. The second-order valence-electron chi connectivity index (χ2n) is 8.83. The minimum absolute atomic E-state index is 0.0783. The Morgan fingerprint density at radius 1 is 1.00 bits per heavy atom. The smallest absolute Gasteiger partial charge is 0.273 e. The van der Waals surface area contributed by atoms with Crippen molar-refractivity contribution in [3.8, 4) is 28.5 Å². The number of rotatable bonds is 12. The van der Waals surface area contributed by atoms with E-state index in [1.165, 1.54) is 0 Å². The van der Waals surface area contributed by atoms with E-state index in [-0.39, 0.29) is 17.7 Å². The Bertz CT molecular complexity index is 1160. The van der Waals surface area contributed by atoms with Crippen molar-refractivity contribution in [1.29, 1.82) is 0 Å². The maximum absolute atomic E-state index is 13.4. The lowest BCUT2D eigenvalue weighted by atomic mass is 9.95. The van der Waals surface area contributed by atoms with Crippen LogP contribution in [0, 0.1) is 0 Å². The van der Waals surface area contributed by atoms with Gasteiger partial charge in [-0.1, -0.05) is 51.3 Å². The monoisotopic (exact) mass is 477 g/mol. The molecule has 1 aliphatic heterocycles. The number of ether oxygens (including phenoxy) is 2. The van der Waals surface area contributed by atoms with Crippen molar-refractivity contribution in [2.75, 3.05) is 19.8 Å². The maximum Gasteiger partial charge on any atom is 0.273 e. The predicted octanol–water partition coefficient (Wildman–Crippen LogP) is 6.10. The van der Waals surface area contributed by atoms with Crippen LogP contribution in [0.1, 0.15) is 80.5 Å². The number of aromatic amines is 1. The van der Waals surface area contributed by atoms with Gasteiger partial charge >= 0.3 is 0 Å². The van der Waals surface area contributed by atoms with E-state index in [0.29, 0.717) is 48.2 Å². The molecule has 0 saturated heterocycles. The van der Waals surface area contributed by atoms with Gasteiger partial charge in [-0.25, -0.2) is 0 Å². The highest BCUT2D eigenvalue weighted by Gasteiger charge is 2.42. The summed E-state index contributed by atoms with van der Waals surface area (Å²) in [7, 11) is 0. The molecule has 0 bridgehead atoms. The first-order chi connectivity index (χ1) is 17.1. The number of benzene rings is 2. The number of H-pyrrole nitrogens is 1. The number of amides is 1. The van der Waals surface area contributed by atoms with Crippen molar-refractivity contribution in [1.82, 2.24) is 15.1 Å². The van der Waals surface area contributed by atoms with Crippen molar-refractivity contribution in [2.24, 2.45) is 0 Å². The molecule has 186 valence electrons. The number of phenolic OH excluding ortho intramolecular Hbond substituents is 1. The lowest BCUT2D eigenvalue weighted by Crippen LogP contribution is -2.30. The number of carbonyl (C=O) groups is 1. The first-order valence-corrected chi connectivity index (χ1v) is 12.7. The summed E-state index contributed by atoms with van der Waals surface area (Å²) in [5.74, 6) is 1.44. The second-order valence-corrected chi connectivity index (χ2v) is 8.83. The van der Waals surface area contributed by atoms with Crippen LogP contribution >= 0.6 is 0 Å². The molecule has 1 amide bonds. The number of hydrogen-bond donors (Lipinski definition) is 2. The van der Waals surface area contributed by atoms with Gasteiger partial charge in [0, 0.05) is 17.7 Å². The molecule has 7 heteroatoms. The molecule has 35 heavy (non-hydrogen) atoms. The van der Waals surface area contributed by atoms with Crippen molar-refractivity contribution >= 4 is 5.91 Å². The van der Waals surface area contributed by atoms with Crippen LogP contribution in [0.4, 0.5) is 0 Å². The van der Waals surface area contributed by atoms with Crippen LogP contribution in [0.15, 0.2) is 42.5 Å². The van der Waals surface area contributed by atoms with E-state index >= 15 is 0 Å².